The molecule has 1 aliphatic carbocycles. The summed E-state index contributed by atoms with van der Waals surface area (Å²) in [7, 11) is 2.15. The van der Waals surface area contributed by atoms with Crippen molar-refractivity contribution in [3.05, 3.63) is 0 Å². The fourth-order valence-corrected chi connectivity index (χ4v) is 3.28. The standard InChI is InChI=1S/C14H29N/c1-5-14(10-6-7-11-14)13(15-4)9-8-12(2)3/h12-13,15H,5-11H2,1-4H3. The van der Waals surface area contributed by atoms with Gasteiger partial charge < -0.3 is 5.32 Å². The third kappa shape index (κ3) is 3.21. The first-order valence-corrected chi connectivity index (χ1v) is 6.82. The molecule has 1 aliphatic rings. The fourth-order valence-electron chi connectivity index (χ4n) is 3.28. The first-order chi connectivity index (χ1) is 7.14. The lowest BCUT2D eigenvalue weighted by molar-refractivity contribution is 0.178. The zero-order valence-corrected chi connectivity index (χ0v) is 11.1. The highest BCUT2D eigenvalue weighted by Crippen LogP contribution is 2.45. The Labute approximate surface area is 96.0 Å². The molecule has 1 N–H and O–H groups in total. The van der Waals surface area contributed by atoms with Crippen LogP contribution in [0.4, 0.5) is 0 Å². The van der Waals surface area contributed by atoms with Crippen molar-refractivity contribution in [3.63, 3.8) is 0 Å². The second-order valence-electron chi connectivity index (χ2n) is 5.74. The van der Waals surface area contributed by atoms with Crippen LogP contribution in [0.5, 0.6) is 0 Å². The molecular weight excluding hydrogens is 182 g/mol. The Morgan fingerprint density at radius 2 is 1.73 bits per heavy atom. The van der Waals surface area contributed by atoms with E-state index in [1.165, 1.54) is 44.9 Å². The Morgan fingerprint density at radius 1 is 1.13 bits per heavy atom. The van der Waals surface area contributed by atoms with E-state index in [4.69, 9.17) is 0 Å². The summed E-state index contributed by atoms with van der Waals surface area (Å²) in [5.74, 6) is 0.844. The molecule has 0 aromatic carbocycles. The zero-order chi connectivity index (χ0) is 11.3. The SMILES string of the molecule is CCC1(C(CCC(C)C)NC)CCCC1. The molecule has 15 heavy (non-hydrogen) atoms. The maximum absolute atomic E-state index is 3.59. The van der Waals surface area contributed by atoms with E-state index in [-0.39, 0.29) is 0 Å². The van der Waals surface area contributed by atoms with Crippen LogP contribution in [0.15, 0.2) is 0 Å². The van der Waals surface area contributed by atoms with Crippen LogP contribution in [-0.4, -0.2) is 13.1 Å². The van der Waals surface area contributed by atoms with Gasteiger partial charge in [0, 0.05) is 6.04 Å². The molecule has 1 rings (SSSR count). The van der Waals surface area contributed by atoms with Crippen LogP contribution < -0.4 is 5.32 Å². The summed E-state index contributed by atoms with van der Waals surface area (Å²) < 4.78 is 0. The van der Waals surface area contributed by atoms with Crippen LogP contribution in [-0.2, 0) is 0 Å². The van der Waals surface area contributed by atoms with Gasteiger partial charge in [0.15, 0.2) is 0 Å². The van der Waals surface area contributed by atoms with E-state index in [9.17, 15) is 0 Å². The third-order valence-corrected chi connectivity index (χ3v) is 4.42. The Bertz CT molecular complexity index is 168. The Balaban J connectivity index is 2.54. The predicted octanol–water partition coefficient (Wildman–Crippen LogP) is 3.98. The summed E-state index contributed by atoms with van der Waals surface area (Å²) in [6, 6.07) is 0.757. The van der Waals surface area contributed by atoms with Gasteiger partial charge >= 0.3 is 0 Å². The van der Waals surface area contributed by atoms with Crippen LogP contribution in [0.2, 0.25) is 0 Å². The fraction of sp³-hybridized carbons (Fsp3) is 1.00. The van der Waals surface area contributed by atoms with E-state index in [0.717, 1.165) is 12.0 Å². The van der Waals surface area contributed by atoms with Crippen molar-refractivity contribution in [2.24, 2.45) is 11.3 Å². The summed E-state index contributed by atoms with van der Waals surface area (Å²) in [6.45, 7) is 7.05. The van der Waals surface area contributed by atoms with Crippen LogP contribution in [0.25, 0.3) is 0 Å². The van der Waals surface area contributed by atoms with Gasteiger partial charge in [-0.2, -0.15) is 0 Å². The number of hydrogen-bond donors (Lipinski definition) is 1. The Hall–Kier alpha value is -0.0400. The van der Waals surface area contributed by atoms with Crippen LogP contribution >= 0.6 is 0 Å². The quantitative estimate of drug-likeness (QED) is 0.700. The van der Waals surface area contributed by atoms with Gasteiger partial charge in [0.2, 0.25) is 0 Å². The lowest BCUT2D eigenvalue weighted by Crippen LogP contribution is -2.42. The lowest BCUT2D eigenvalue weighted by Gasteiger charge is -2.37. The van der Waals surface area contributed by atoms with Crippen LogP contribution in [0.1, 0.15) is 65.7 Å². The Kier molecular flexibility index (Phi) is 5.11. The van der Waals surface area contributed by atoms with Gasteiger partial charge in [0.25, 0.3) is 0 Å². The molecule has 0 bridgehead atoms. The van der Waals surface area contributed by atoms with E-state index in [1.807, 2.05) is 0 Å². The molecule has 1 unspecified atom stereocenters. The van der Waals surface area contributed by atoms with Gasteiger partial charge in [-0.15, -0.1) is 0 Å². The normalized spacial score (nSPS) is 22.2. The summed E-state index contributed by atoms with van der Waals surface area (Å²) in [4.78, 5) is 0. The Morgan fingerprint density at radius 3 is 2.13 bits per heavy atom. The van der Waals surface area contributed by atoms with E-state index < -0.39 is 0 Å². The van der Waals surface area contributed by atoms with Crippen molar-refractivity contribution in [1.82, 2.24) is 5.32 Å². The smallest absolute Gasteiger partial charge is 0.0120 e. The summed E-state index contributed by atoms with van der Waals surface area (Å²) >= 11 is 0. The molecule has 0 aromatic heterocycles. The predicted molar refractivity (Wildman–Crippen MR) is 68.1 cm³/mol. The lowest BCUT2D eigenvalue weighted by atomic mass is 9.74. The molecule has 90 valence electrons. The van der Waals surface area contributed by atoms with Gasteiger partial charge in [-0.3, -0.25) is 0 Å². The first-order valence-electron chi connectivity index (χ1n) is 6.82. The van der Waals surface area contributed by atoms with Crippen molar-refractivity contribution in [2.45, 2.75) is 71.8 Å². The monoisotopic (exact) mass is 211 g/mol. The summed E-state index contributed by atoms with van der Waals surface area (Å²) in [6.07, 6.45) is 9.90. The molecule has 1 fully saturated rings. The van der Waals surface area contributed by atoms with E-state index in [1.54, 1.807) is 0 Å². The summed E-state index contributed by atoms with van der Waals surface area (Å²) in [5.41, 5.74) is 0.629. The van der Waals surface area contributed by atoms with Crippen molar-refractivity contribution in [2.75, 3.05) is 7.05 Å². The molecular formula is C14H29N. The molecule has 0 aliphatic heterocycles. The van der Waals surface area contributed by atoms with Crippen molar-refractivity contribution in [1.29, 1.82) is 0 Å². The van der Waals surface area contributed by atoms with Crippen LogP contribution in [0.3, 0.4) is 0 Å². The maximum atomic E-state index is 3.59. The molecule has 0 aromatic rings. The topological polar surface area (TPSA) is 12.0 Å². The van der Waals surface area contributed by atoms with E-state index in [2.05, 4.69) is 33.1 Å². The molecule has 1 atom stereocenters. The molecule has 1 nitrogen and oxygen atoms in total. The van der Waals surface area contributed by atoms with Gasteiger partial charge in [0.05, 0.1) is 0 Å². The molecule has 0 amide bonds. The first kappa shape index (κ1) is 13.0. The van der Waals surface area contributed by atoms with Crippen LogP contribution in [0, 0.1) is 11.3 Å². The minimum atomic E-state index is 0.629. The average molecular weight is 211 g/mol. The highest BCUT2D eigenvalue weighted by Gasteiger charge is 2.38. The molecule has 1 saturated carbocycles. The number of hydrogen-bond acceptors (Lipinski definition) is 1. The highest BCUT2D eigenvalue weighted by atomic mass is 14.9. The van der Waals surface area contributed by atoms with Crippen molar-refractivity contribution in [3.8, 4) is 0 Å². The van der Waals surface area contributed by atoms with E-state index in [0.29, 0.717) is 5.41 Å². The minimum absolute atomic E-state index is 0.629. The number of nitrogens with one attached hydrogen (secondary N) is 1. The van der Waals surface area contributed by atoms with Crippen molar-refractivity contribution >= 4 is 0 Å². The molecule has 0 heterocycles. The van der Waals surface area contributed by atoms with Gasteiger partial charge in [-0.25, -0.2) is 0 Å². The third-order valence-electron chi connectivity index (χ3n) is 4.42. The highest BCUT2D eigenvalue weighted by molar-refractivity contribution is 4.93. The summed E-state index contributed by atoms with van der Waals surface area (Å²) in [5, 5.41) is 3.59. The van der Waals surface area contributed by atoms with Gasteiger partial charge in [-0.05, 0) is 50.5 Å². The second-order valence-corrected chi connectivity index (χ2v) is 5.74. The number of rotatable bonds is 6. The molecule has 0 saturated heterocycles. The second kappa shape index (κ2) is 5.89. The van der Waals surface area contributed by atoms with E-state index >= 15 is 0 Å². The maximum Gasteiger partial charge on any atom is 0.0120 e. The molecule has 0 spiro atoms. The minimum Gasteiger partial charge on any atom is -0.316 e. The average Bonchev–Trinajstić information content (AvgIpc) is 2.68. The molecule has 0 radical (unpaired) electrons. The largest absolute Gasteiger partial charge is 0.316 e. The van der Waals surface area contributed by atoms with Gasteiger partial charge in [-0.1, -0.05) is 33.6 Å². The molecule has 1 heteroatoms. The zero-order valence-electron chi connectivity index (χ0n) is 11.1. The van der Waals surface area contributed by atoms with Crippen molar-refractivity contribution < 1.29 is 0 Å². The van der Waals surface area contributed by atoms with Gasteiger partial charge in [0.1, 0.15) is 0 Å².